The van der Waals surface area contributed by atoms with Crippen molar-refractivity contribution in [3.63, 3.8) is 0 Å². The molecule has 0 bridgehead atoms. The molecule has 0 aliphatic carbocycles. The molecule has 0 saturated heterocycles. The normalized spacial score (nSPS) is 10.6. The predicted octanol–water partition coefficient (Wildman–Crippen LogP) is 3.71. The Balaban J connectivity index is 2.15. The summed E-state index contributed by atoms with van der Waals surface area (Å²) in [4.78, 5) is 0. The average Bonchev–Trinajstić information content (AvgIpc) is 2.61. The Bertz CT molecular complexity index is 512. The maximum Gasteiger partial charge on any atom is 0.0643 e. The van der Waals surface area contributed by atoms with Crippen LogP contribution in [0.2, 0.25) is 0 Å². The first-order chi connectivity index (χ1) is 8.08. The molecule has 4 heteroatoms. The standard InChI is InChI=1S/C13H16BrN3/c1-8-4-5-11(14)6-13(8)15-7-12-9(2)16-17-10(12)3/h4-6,15H,7H2,1-3H3,(H,16,17). The highest BCUT2D eigenvalue weighted by atomic mass is 79.9. The monoisotopic (exact) mass is 293 g/mol. The Labute approximate surface area is 110 Å². The molecule has 0 amide bonds. The number of hydrogen-bond acceptors (Lipinski definition) is 2. The summed E-state index contributed by atoms with van der Waals surface area (Å²) in [5.74, 6) is 0. The fraction of sp³-hybridized carbons (Fsp3) is 0.308. The van der Waals surface area contributed by atoms with Crippen LogP contribution in [0.4, 0.5) is 5.69 Å². The molecule has 2 rings (SSSR count). The third-order valence-electron chi connectivity index (χ3n) is 2.94. The summed E-state index contributed by atoms with van der Waals surface area (Å²) in [7, 11) is 0. The van der Waals surface area contributed by atoms with E-state index in [0.29, 0.717) is 0 Å². The van der Waals surface area contributed by atoms with Gasteiger partial charge in [0.1, 0.15) is 0 Å². The number of aromatic amines is 1. The molecule has 2 aromatic rings. The van der Waals surface area contributed by atoms with Gasteiger partial charge in [-0.3, -0.25) is 5.10 Å². The van der Waals surface area contributed by atoms with E-state index in [1.54, 1.807) is 0 Å². The van der Waals surface area contributed by atoms with E-state index in [9.17, 15) is 0 Å². The van der Waals surface area contributed by atoms with E-state index in [0.717, 1.165) is 28.1 Å². The Morgan fingerprint density at radius 2 is 2.06 bits per heavy atom. The van der Waals surface area contributed by atoms with Gasteiger partial charge in [-0.2, -0.15) is 5.10 Å². The summed E-state index contributed by atoms with van der Waals surface area (Å²) in [6, 6.07) is 6.25. The number of nitrogens with zero attached hydrogens (tertiary/aromatic N) is 1. The molecule has 0 radical (unpaired) electrons. The first-order valence-corrected chi connectivity index (χ1v) is 6.37. The number of aromatic nitrogens is 2. The fourth-order valence-corrected chi connectivity index (χ4v) is 2.16. The van der Waals surface area contributed by atoms with Crippen LogP contribution < -0.4 is 5.32 Å². The van der Waals surface area contributed by atoms with Crippen molar-refractivity contribution in [3.05, 3.63) is 45.2 Å². The third-order valence-corrected chi connectivity index (χ3v) is 3.43. The Morgan fingerprint density at radius 3 is 2.71 bits per heavy atom. The lowest BCUT2D eigenvalue weighted by molar-refractivity contribution is 1.02. The van der Waals surface area contributed by atoms with Crippen LogP contribution in [-0.4, -0.2) is 10.2 Å². The molecule has 1 aromatic carbocycles. The number of aryl methyl sites for hydroxylation is 3. The molecule has 1 heterocycles. The van der Waals surface area contributed by atoms with Crippen LogP contribution in [0.5, 0.6) is 0 Å². The van der Waals surface area contributed by atoms with Gasteiger partial charge in [-0.15, -0.1) is 0 Å². The van der Waals surface area contributed by atoms with Gasteiger partial charge in [0.2, 0.25) is 0 Å². The largest absolute Gasteiger partial charge is 0.381 e. The molecule has 0 unspecified atom stereocenters. The van der Waals surface area contributed by atoms with Crippen molar-refractivity contribution >= 4 is 21.6 Å². The van der Waals surface area contributed by atoms with Crippen LogP contribution in [0.15, 0.2) is 22.7 Å². The second kappa shape index (κ2) is 4.92. The smallest absolute Gasteiger partial charge is 0.0643 e. The van der Waals surface area contributed by atoms with Crippen LogP contribution >= 0.6 is 15.9 Å². The molecule has 0 spiro atoms. The van der Waals surface area contributed by atoms with Crippen molar-refractivity contribution in [1.82, 2.24) is 10.2 Å². The molecular weight excluding hydrogens is 278 g/mol. The number of halogens is 1. The Kier molecular flexibility index (Phi) is 3.52. The van der Waals surface area contributed by atoms with Gasteiger partial charge in [-0.1, -0.05) is 22.0 Å². The highest BCUT2D eigenvalue weighted by Gasteiger charge is 2.06. The summed E-state index contributed by atoms with van der Waals surface area (Å²) in [6.07, 6.45) is 0. The quantitative estimate of drug-likeness (QED) is 0.906. The van der Waals surface area contributed by atoms with Gasteiger partial charge < -0.3 is 5.32 Å². The number of H-pyrrole nitrogens is 1. The van der Waals surface area contributed by atoms with Crippen LogP contribution in [0.1, 0.15) is 22.5 Å². The first-order valence-electron chi connectivity index (χ1n) is 5.58. The molecule has 0 aliphatic rings. The lowest BCUT2D eigenvalue weighted by Crippen LogP contribution is -2.02. The van der Waals surface area contributed by atoms with Crippen molar-refractivity contribution in [2.24, 2.45) is 0 Å². The lowest BCUT2D eigenvalue weighted by atomic mass is 10.1. The zero-order valence-electron chi connectivity index (χ0n) is 10.3. The van der Waals surface area contributed by atoms with Crippen LogP contribution in [-0.2, 0) is 6.54 Å². The second-order valence-electron chi connectivity index (χ2n) is 4.23. The lowest BCUT2D eigenvalue weighted by Gasteiger charge is -2.10. The van der Waals surface area contributed by atoms with Gasteiger partial charge in [0.25, 0.3) is 0 Å². The predicted molar refractivity (Wildman–Crippen MR) is 74.3 cm³/mol. The summed E-state index contributed by atoms with van der Waals surface area (Å²) in [5.41, 5.74) is 5.82. The van der Waals surface area contributed by atoms with Gasteiger partial charge in [-0.05, 0) is 38.5 Å². The van der Waals surface area contributed by atoms with E-state index in [4.69, 9.17) is 0 Å². The molecule has 0 saturated carbocycles. The molecule has 90 valence electrons. The molecule has 3 nitrogen and oxygen atoms in total. The highest BCUT2D eigenvalue weighted by Crippen LogP contribution is 2.22. The molecular formula is C13H16BrN3. The van der Waals surface area contributed by atoms with Gasteiger partial charge in [0.05, 0.1) is 5.69 Å². The van der Waals surface area contributed by atoms with Crippen molar-refractivity contribution in [3.8, 4) is 0 Å². The van der Waals surface area contributed by atoms with Crippen molar-refractivity contribution in [2.45, 2.75) is 27.3 Å². The molecule has 0 atom stereocenters. The molecule has 1 aromatic heterocycles. The van der Waals surface area contributed by atoms with Gasteiger partial charge >= 0.3 is 0 Å². The van der Waals surface area contributed by atoms with E-state index in [1.807, 2.05) is 13.8 Å². The fourth-order valence-electron chi connectivity index (χ4n) is 1.80. The van der Waals surface area contributed by atoms with Gasteiger partial charge in [-0.25, -0.2) is 0 Å². The van der Waals surface area contributed by atoms with E-state index in [-0.39, 0.29) is 0 Å². The number of rotatable bonds is 3. The zero-order chi connectivity index (χ0) is 12.4. The van der Waals surface area contributed by atoms with Crippen molar-refractivity contribution < 1.29 is 0 Å². The van der Waals surface area contributed by atoms with E-state index >= 15 is 0 Å². The summed E-state index contributed by atoms with van der Waals surface area (Å²) >= 11 is 3.49. The summed E-state index contributed by atoms with van der Waals surface area (Å²) in [6.45, 7) is 6.97. The number of hydrogen-bond donors (Lipinski definition) is 2. The van der Waals surface area contributed by atoms with E-state index in [1.165, 1.54) is 11.1 Å². The number of anilines is 1. The van der Waals surface area contributed by atoms with Crippen LogP contribution in [0, 0.1) is 20.8 Å². The zero-order valence-corrected chi connectivity index (χ0v) is 11.9. The third kappa shape index (κ3) is 2.69. The Hall–Kier alpha value is -1.29. The molecule has 0 aliphatic heterocycles. The van der Waals surface area contributed by atoms with Gasteiger partial charge in [0, 0.05) is 28.0 Å². The SMILES string of the molecule is Cc1ccc(Br)cc1NCc1c(C)n[nH]c1C. The number of nitrogens with one attached hydrogen (secondary N) is 2. The van der Waals surface area contributed by atoms with Gasteiger partial charge in [0.15, 0.2) is 0 Å². The topological polar surface area (TPSA) is 40.7 Å². The Morgan fingerprint density at radius 1 is 1.29 bits per heavy atom. The minimum atomic E-state index is 0.797. The molecule has 2 N–H and O–H groups in total. The second-order valence-corrected chi connectivity index (χ2v) is 5.14. The van der Waals surface area contributed by atoms with Crippen LogP contribution in [0.3, 0.4) is 0 Å². The van der Waals surface area contributed by atoms with Crippen molar-refractivity contribution in [2.75, 3.05) is 5.32 Å². The minimum absolute atomic E-state index is 0.797. The first kappa shape index (κ1) is 12.2. The maximum atomic E-state index is 4.19. The van der Waals surface area contributed by atoms with Crippen LogP contribution in [0.25, 0.3) is 0 Å². The van der Waals surface area contributed by atoms with E-state index in [2.05, 4.69) is 56.6 Å². The minimum Gasteiger partial charge on any atom is -0.381 e. The maximum absolute atomic E-state index is 4.19. The average molecular weight is 294 g/mol. The number of benzene rings is 1. The van der Waals surface area contributed by atoms with E-state index < -0.39 is 0 Å². The summed E-state index contributed by atoms with van der Waals surface area (Å²) < 4.78 is 1.09. The highest BCUT2D eigenvalue weighted by molar-refractivity contribution is 9.10. The molecule has 0 fully saturated rings. The van der Waals surface area contributed by atoms with Crippen molar-refractivity contribution in [1.29, 1.82) is 0 Å². The molecule has 17 heavy (non-hydrogen) atoms. The summed E-state index contributed by atoms with van der Waals surface area (Å²) in [5, 5.41) is 10.6.